The van der Waals surface area contributed by atoms with Crippen LogP contribution in [0.4, 0.5) is 0 Å². The summed E-state index contributed by atoms with van der Waals surface area (Å²) in [6, 6.07) is 0. The number of hydrogen-bond acceptors (Lipinski definition) is 1. The van der Waals surface area contributed by atoms with Gasteiger partial charge in [0.25, 0.3) is 0 Å². The minimum Gasteiger partial charge on any atom is -0.393 e. The summed E-state index contributed by atoms with van der Waals surface area (Å²) in [6.45, 7) is 14.8. The molecular formula is C29H48O. The summed E-state index contributed by atoms with van der Waals surface area (Å²) in [6.07, 6.45) is 19.2. The van der Waals surface area contributed by atoms with Crippen molar-refractivity contribution in [1.29, 1.82) is 0 Å². The highest BCUT2D eigenvalue weighted by Gasteiger charge is 2.57. The maximum atomic E-state index is 10.3. The van der Waals surface area contributed by atoms with Crippen LogP contribution in [-0.2, 0) is 0 Å². The van der Waals surface area contributed by atoms with Crippen molar-refractivity contribution in [3.05, 3.63) is 23.8 Å². The van der Waals surface area contributed by atoms with Gasteiger partial charge < -0.3 is 5.11 Å². The molecule has 0 amide bonds. The summed E-state index contributed by atoms with van der Waals surface area (Å²) in [5.74, 6) is 5.32. The number of hydrogen-bond donors (Lipinski definition) is 1. The van der Waals surface area contributed by atoms with Gasteiger partial charge in [-0.15, -0.1) is 0 Å². The van der Waals surface area contributed by atoms with Crippen LogP contribution in [0, 0.1) is 52.3 Å². The van der Waals surface area contributed by atoms with E-state index in [4.69, 9.17) is 0 Å². The van der Waals surface area contributed by atoms with Gasteiger partial charge in [-0.2, -0.15) is 0 Å². The van der Waals surface area contributed by atoms with Crippen molar-refractivity contribution >= 4 is 0 Å². The van der Waals surface area contributed by atoms with Gasteiger partial charge in [-0.25, -0.2) is 0 Å². The minimum absolute atomic E-state index is 0.0480. The van der Waals surface area contributed by atoms with Crippen molar-refractivity contribution in [3.63, 3.8) is 0 Å². The normalized spacial score (nSPS) is 45.6. The monoisotopic (exact) mass is 412 g/mol. The van der Waals surface area contributed by atoms with Gasteiger partial charge in [0.2, 0.25) is 0 Å². The van der Waals surface area contributed by atoms with Crippen LogP contribution in [-0.4, -0.2) is 11.2 Å². The molecular weight excluding hydrogens is 364 g/mol. The molecule has 4 rings (SSSR count). The highest BCUT2D eigenvalue weighted by atomic mass is 16.3. The molecule has 3 saturated carbocycles. The molecule has 0 unspecified atom stereocenters. The first-order valence-corrected chi connectivity index (χ1v) is 13.3. The Morgan fingerprint density at radius 2 is 1.70 bits per heavy atom. The molecule has 1 heteroatoms. The second kappa shape index (κ2) is 8.42. The molecule has 30 heavy (non-hydrogen) atoms. The average Bonchev–Trinajstić information content (AvgIpc) is 3.06. The van der Waals surface area contributed by atoms with E-state index >= 15 is 0 Å². The van der Waals surface area contributed by atoms with Crippen molar-refractivity contribution in [2.45, 2.75) is 105 Å². The fourth-order valence-electron chi connectivity index (χ4n) is 8.68. The Labute approximate surface area is 186 Å². The highest BCUT2D eigenvalue weighted by molar-refractivity contribution is 5.28. The molecule has 0 aliphatic heterocycles. The molecule has 0 aromatic carbocycles. The Hall–Kier alpha value is -0.560. The van der Waals surface area contributed by atoms with Crippen LogP contribution in [0.2, 0.25) is 0 Å². The van der Waals surface area contributed by atoms with Gasteiger partial charge in [0.1, 0.15) is 0 Å². The molecule has 4 aliphatic carbocycles. The smallest absolute Gasteiger partial charge is 0.0543 e. The quantitative estimate of drug-likeness (QED) is 0.457. The fourth-order valence-corrected chi connectivity index (χ4v) is 8.68. The lowest BCUT2D eigenvalue weighted by molar-refractivity contribution is -0.0414. The largest absolute Gasteiger partial charge is 0.393 e. The Bertz CT molecular complexity index is 674. The van der Waals surface area contributed by atoms with E-state index in [1.165, 1.54) is 44.9 Å². The van der Waals surface area contributed by atoms with Crippen LogP contribution in [0.25, 0.3) is 0 Å². The van der Waals surface area contributed by atoms with Gasteiger partial charge in [-0.3, -0.25) is 0 Å². The van der Waals surface area contributed by atoms with E-state index in [2.05, 4.69) is 59.8 Å². The predicted molar refractivity (Wildman–Crippen MR) is 128 cm³/mol. The first-order valence-electron chi connectivity index (χ1n) is 13.3. The molecule has 0 aromatic rings. The molecule has 0 spiro atoms. The summed E-state index contributed by atoms with van der Waals surface area (Å²) in [7, 11) is 0. The summed E-state index contributed by atoms with van der Waals surface area (Å²) in [5.41, 5.74) is 2.79. The number of aliphatic hydroxyl groups excluding tert-OH is 1. The summed E-state index contributed by atoms with van der Waals surface area (Å²) < 4.78 is 0. The van der Waals surface area contributed by atoms with E-state index in [1.807, 2.05) is 5.57 Å². The van der Waals surface area contributed by atoms with Gasteiger partial charge in [-0.1, -0.05) is 65.3 Å². The van der Waals surface area contributed by atoms with Gasteiger partial charge in [0.05, 0.1) is 6.10 Å². The van der Waals surface area contributed by atoms with Crippen LogP contribution < -0.4 is 0 Å². The Balaban J connectivity index is 1.53. The number of fused-ring (bicyclic) bond motifs is 5. The summed E-state index contributed by atoms with van der Waals surface area (Å²) in [4.78, 5) is 0. The SMILES string of the molecule is CC[C@H](/C=C/[C@H](C)[C@H]1CC[C@H]2C3=CC[C@H]4C[C@@H](O)CC[C@]4(C)[C@H]3CC[C@]12C)C(C)C. The Morgan fingerprint density at radius 1 is 1.00 bits per heavy atom. The average molecular weight is 413 g/mol. The maximum absolute atomic E-state index is 10.3. The second-order valence-electron chi connectivity index (χ2n) is 12.5. The first-order chi connectivity index (χ1) is 14.2. The number of aliphatic hydroxyl groups is 1. The third-order valence-corrected chi connectivity index (χ3v) is 10.7. The van der Waals surface area contributed by atoms with Crippen molar-refractivity contribution in [2.75, 3.05) is 0 Å². The first kappa shape index (κ1) is 22.6. The standard InChI is InChI=1S/C29H48O/c1-7-21(19(2)3)9-8-20(4)25-12-13-26-24-11-10-22-18-23(30)14-16-28(22,5)27(24)15-17-29(25,26)6/h8-9,11,19-23,25-27,30H,7,10,12-18H2,1-6H3/b9-8+/t20-,21+,22-,23-,25+,26-,27-,28-,29+/m0/s1. The minimum atomic E-state index is -0.0480. The molecule has 170 valence electrons. The van der Waals surface area contributed by atoms with Crippen molar-refractivity contribution in [1.82, 2.24) is 0 Å². The van der Waals surface area contributed by atoms with Gasteiger partial charge in [0, 0.05) is 0 Å². The Kier molecular flexibility index (Phi) is 6.35. The molecule has 0 aromatic heterocycles. The van der Waals surface area contributed by atoms with E-state index in [0.29, 0.717) is 22.7 Å². The van der Waals surface area contributed by atoms with E-state index in [0.717, 1.165) is 42.4 Å². The van der Waals surface area contributed by atoms with Crippen molar-refractivity contribution in [2.24, 2.45) is 52.3 Å². The van der Waals surface area contributed by atoms with Crippen molar-refractivity contribution < 1.29 is 5.11 Å². The van der Waals surface area contributed by atoms with Gasteiger partial charge in [0.15, 0.2) is 0 Å². The lowest BCUT2D eigenvalue weighted by Crippen LogP contribution is -2.49. The van der Waals surface area contributed by atoms with E-state index in [-0.39, 0.29) is 6.10 Å². The summed E-state index contributed by atoms with van der Waals surface area (Å²) in [5, 5.41) is 10.3. The lowest BCUT2D eigenvalue weighted by atomic mass is 9.47. The topological polar surface area (TPSA) is 20.2 Å². The zero-order valence-electron chi connectivity index (χ0n) is 20.7. The van der Waals surface area contributed by atoms with Gasteiger partial charge >= 0.3 is 0 Å². The number of rotatable bonds is 5. The molecule has 3 fully saturated rings. The molecule has 9 atom stereocenters. The Morgan fingerprint density at radius 3 is 2.40 bits per heavy atom. The van der Waals surface area contributed by atoms with Crippen molar-refractivity contribution in [3.8, 4) is 0 Å². The molecule has 4 aliphatic rings. The third kappa shape index (κ3) is 3.66. The lowest BCUT2D eigenvalue weighted by Gasteiger charge is -2.57. The maximum Gasteiger partial charge on any atom is 0.0543 e. The van der Waals surface area contributed by atoms with Crippen LogP contribution in [0.3, 0.4) is 0 Å². The fraction of sp³-hybridized carbons (Fsp3) is 0.862. The molecule has 0 heterocycles. The van der Waals surface area contributed by atoms with Crippen LogP contribution in [0.1, 0.15) is 99.3 Å². The van der Waals surface area contributed by atoms with E-state index in [1.54, 1.807) is 0 Å². The zero-order valence-corrected chi connectivity index (χ0v) is 20.7. The summed E-state index contributed by atoms with van der Waals surface area (Å²) >= 11 is 0. The molecule has 1 nitrogen and oxygen atoms in total. The third-order valence-electron chi connectivity index (χ3n) is 10.7. The molecule has 0 radical (unpaired) electrons. The van der Waals surface area contributed by atoms with Gasteiger partial charge in [-0.05, 0) is 110 Å². The van der Waals surface area contributed by atoms with Crippen LogP contribution in [0.15, 0.2) is 23.8 Å². The van der Waals surface area contributed by atoms with Crippen LogP contribution in [0.5, 0.6) is 0 Å². The second-order valence-corrected chi connectivity index (χ2v) is 12.5. The predicted octanol–water partition coefficient (Wildman–Crippen LogP) is 7.80. The highest BCUT2D eigenvalue weighted by Crippen LogP contribution is 2.66. The number of allylic oxidation sites excluding steroid dienone is 4. The molecule has 0 saturated heterocycles. The molecule has 0 bridgehead atoms. The van der Waals surface area contributed by atoms with Crippen LogP contribution >= 0.6 is 0 Å². The van der Waals surface area contributed by atoms with E-state index < -0.39 is 0 Å². The molecule has 1 N–H and O–H groups in total. The van der Waals surface area contributed by atoms with E-state index in [9.17, 15) is 5.11 Å². The zero-order chi connectivity index (χ0) is 21.7.